The van der Waals surface area contributed by atoms with Crippen molar-refractivity contribution in [3.05, 3.63) is 0 Å². The number of alkyl halides is 1. The summed E-state index contributed by atoms with van der Waals surface area (Å²) >= 11 is 6.19. The van der Waals surface area contributed by atoms with E-state index >= 15 is 0 Å². The van der Waals surface area contributed by atoms with Crippen LogP contribution in [0.4, 0.5) is 0 Å². The van der Waals surface area contributed by atoms with Gasteiger partial charge in [0.1, 0.15) is 0 Å². The molecule has 0 aliphatic rings. The molecule has 0 saturated carbocycles. The van der Waals surface area contributed by atoms with Crippen molar-refractivity contribution in [1.82, 2.24) is 6.15 Å². The quantitative estimate of drug-likeness (QED) is 0.222. The minimum Gasteiger partial charge on any atom is -0.396 e. The largest absolute Gasteiger partial charge is 0.396 e. The van der Waals surface area contributed by atoms with Crippen molar-refractivity contribution in [3.63, 3.8) is 0 Å². The van der Waals surface area contributed by atoms with Crippen LogP contribution in [0.15, 0.2) is 0 Å². The normalized spacial score (nSPS) is 12.1. The molecule has 0 saturated heterocycles. The third kappa shape index (κ3) is 20.2. The minimum absolute atomic E-state index is 0. The second kappa shape index (κ2) is 21.2. The molecule has 136 valence electrons. The van der Waals surface area contributed by atoms with Crippen LogP contribution in [-0.4, -0.2) is 17.1 Å². The van der Waals surface area contributed by atoms with E-state index in [0.717, 1.165) is 19.3 Å². The Kier molecular flexibility index (Phi) is 23.6. The molecule has 4 N–H and O–H groups in total. The lowest BCUT2D eigenvalue weighted by molar-refractivity contribution is 0.283. The van der Waals surface area contributed by atoms with Crippen LogP contribution < -0.4 is 6.15 Å². The van der Waals surface area contributed by atoms with Crippen molar-refractivity contribution in [2.45, 2.75) is 115 Å². The lowest BCUT2D eigenvalue weighted by atomic mass is 10.0. The Morgan fingerprint density at radius 1 is 0.636 bits per heavy atom. The van der Waals surface area contributed by atoms with Crippen molar-refractivity contribution in [2.24, 2.45) is 0 Å². The molecule has 0 aromatic carbocycles. The third-order valence-electron chi connectivity index (χ3n) is 4.30. The maximum atomic E-state index is 8.74. The maximum Gasteiger partial charge on any atom is 0.0431 e. The fraction of sp³-hybridized carbons (Fsp3) is 1.00. The molecule has 1 atom stereocenters. The van der Waals surface area contributed by atoms with Gasteiger partial charge in [-0.1, -0.05) is 90.4 Å². The lowest BCUT2D eigenvalue weighted by Crippen LogP contribution is -1.99. The number of rotatable bonds is 17. The molecule has 0 aliphatic carbocycles. The third-order valence-corrected chi connectivity index (χ3v) is 4.73. The Labute approximate surface area is 145 Å². The van der Waals surface area contributed by atoms with Crippen molar-refractivity contribution in [1.29, 1.82) is 0 Å². The van der Waals surface area contributed by atoms with Crippen LogP contribution in [0.25, 0.3) is 0 Å². The van der Waals surface area contributed by atoms with Gasteiger partial charge in [-0.05, 0) is 19.3 Å². The summed E-state index contributed by atoms with van der Waals surface area (Å²) in [6.07, 6.45) is 21.2. The molecule has 22 heavy (non-hydrogen) atoms. The van der Waals surface area contributed by atoms with Crippen LogP contribution in [-0.2, 0) is 0 Å². The van der Waals surface area contributed by atoms with E-state index in [1.54, 1.807) is 0 Å². The minimum atomic E-state index is 0. The molecule has 0 rings (SSSR count). The molecule has 0 fully saturated rings. The highest BCUT2D eigenvalue weighted by atomic mass is 35.5. The van der Waals surface area contributed by atoms with E-state index < -0.39 is 0 Å². The van der Waals surface area contributed by atoms with E-state index in [1.165, 1.54) is 83.5 Å². The SMILES string of the molecule is CCCCCCCCCCCCCCCC(Cl)CCCO.N. The van der Waals surface area contributed by atoms with Crippen LogP contribution >= 0.6 is 11.6 Å². The first kappa shape index (κ1) is 24.5. The summed E-state index contributed by atoms with van der Waals surface area (Å²) in [5.41, 5.74) is 0. The van der Waals surface area contributed by atoms with E-state index in [1.807, 2.05) is 0 Å². The average Bonchev–Trinajstić information content (AvgIpc) is 2.49. The maximum absolute atomic E-state index is 8.74. The van der Waals surface area contributed by atoms with Gasteiger partial charge in [-0.3, -0.25) is 0 Å². The molecule has 0 spiro atoms. The first-order valence-corrected chi connectivity index (χ1v) is 9.99. The van der Waals surface area contributed by atoms with Crippen LogP contribution in [0.3, 0.4) is 0 Å². The zero-order valence-electron chi connectivity index (χ0n) is 15.1. The number of hydrogen-bond donors (Lipinski definition) is 2. The molecule has 0 aromatic heterocycles. The summed E-state index contributed by atoms with van der Waals surface area (Å²) < 4.78 is 0. The van der Waals surface area contributed by atoms with Gasteiger partial charge in [-0.25, -0.2) is 0 Å². The summed E-state index contributed by atoms with van der Waals surface area (Å²) in [7, 11) is 0. The fourth-order valence-electron chi connectivity index (χ4n) is 2.84. The van der Waals surface area contributed by atoms with E-state index in [0.29, 0.717) is 0 Å². The molecular weight excluding hydrogens is 294 g/mol. The molecule has 0 aromatic rings. The lowest BCUT2D eigenvalue weighted by Gasteiger charge is -2.08. The van der Waals surface area contributed by atoms with Gasteiger partial charge in [0.25, 0.3) is 0 Å². The van der Waals surface area contributed by atoms with Crippen molar-refractivity contribution < 1.29 is 5.11 Å². The molecule has 0 amide bonds. The van der Waals surface area contributed by atoms with Crippen molar-refractivity contribution in [3.8, 4) is 0 Å². The molecule has 0 radical (unpaired) electrons. The molecule has 2 nitrogen and oxygen atoms in total. The molecule has 1 unspecified atom stereocenters. The van der Waals surface area contributed by atoms with Gasteiger partial charge in [0.2, 0.25) is 0 Å². The predicted octanol–water partition coefficient (Wildman–Crippen LogP) is 7.01. The van der Waals surface area contributed by atoms with Crippen LogP contribution in [0.2, 0.25) is 0 Å². The van der Waals surface area contributed by atoms with Gasteiger partial charge in [-0.15, -0.1) is 11.6 Å². The monoisotopic (exact) mass is 335 g/mol. The highest BCUT2D eigenvalue weighted by Gasteiger charge is 2.03. The fourth-order valence-corrected chi connectivity index (χ4v) is 3.15. The predicted molar refractivity (Wildman–Crippen MR) is 101 cm³/mol. The van der Waals surface area contributed by atoms with Gasteiger partial charge in [0.15, 0.2) is 0 Å². The van der Waals surface area contributed by atoms with E-state index in [-0.39, 0.29) is 18.1 Å². The van der Waals surface area contributed by atoms with Crippen LogP contribution in [0.5, 0.6) is 0 Å². The Morgan fingerprint density at radius 2 is 1.00 bits per heavy atom. The summed E-state index contributed by atoms with van der Waals surface area (Å²) in [5, 5.41) is 9.02. The Morgan fingerprint density at radius 3 is 1.41 bits per heavy atom. The van der Waals surface area contributed by atoms with Crippen molar-refractivity contribution >= 4 is 11.6 Å². The highest BCUT2D eigenvalue weighted by molar-refractivity contribution is 6.20. The van der Waals surface area contributed by atoms with Gasteiger partial charge in [-0.2, -0.15) is 0 Å². The standard InChI is InChI=1S/C19H39ClO.H3N/c1-2-3-4-5-6-7-8-9-10-11-12-13-14-16-19(20)17-15-18-21;/h19,21H,2-18H2,1H3;1H3. The Hall–Kier alpha value is 0.210. The van der Waals surface area contributed by atoms with Crippen LogP contribution in [0.1, 0.15) is 110 Å². The number of halogens is 1. The molecule has 0 bridgehead atoms. The second-order valence-corrected chi connectivity index (χ2v) is 7.11. The van der Waals surface area contributed by atoms with E-state index in [4.69, 9.17) is 16.7 Å². The molecule has 0 aliphatic heterocycles. The first-order valence-electron chi connectivity index (χ1n) is 9.56. The second-order valence-electron chi connectivity index (χ2n) is 6.49. The summed E-state index contributed by atoms with van der Waals surface area (Å²) in [6.45, 7) is 2.56. The topological polar surface area (TPSA) is 55.2 Å². The average molecular weight is 336 g/mol. The Balaban J connectivity index is 0. The van der Waals surface area contributed by atoms with Crippen molar-refractivity contribution in [2.75, 3.05) is 6.61 Å². The Bertz CT molecular complexity index is 190. The molecular formula is C19H42ClNO. The zero-order chi connectivity index (χ0) is 15.6. The van der Waals surface area contributed by atoms with Gasteiger partial charge in [0, 0.05) is 12.0 Å². The number of aliphatic hydroxyl groups is 1. The molecule has 3 heteroatoms. The number of aliphatic hydroxyl groups excluding tert-OH is 1. The smallest absolute Gasteiger partial charge is 0.0431 e. The van der Waals surface area contributed by atoms with E-state index in [9.17, 15) is 0 Å². The van der Waals surface area contributed by atoms with E-state index in [2.05, 4.69) is 6.92 Å². The van der Waals surface area contributed by atoms with Gasteiger partial charge in [0.05, 0.1) is 0 Å². The summed E-state index contributed by atoms with van der Waals surface area (Å²) in [6, 6.07) is 0. The zero-order valence-corrected chi connectivity index (χ0v) is 15.9. The first-order chi connectivity index (χ1) is 10.3. The number of unbranched alkanes of at least 4 members (excludes halogenated alkanes) is 12. The van der Waals surface area contributed by atoms with Gasteiger partial charge < -0.3 is 11.3 Å². The highest BCUT2D eigenvalue weighted by Crippen LogP contribution is 2.16. The summed E-state index contributed by atoms with van der Waals surface area (Å²) in [5.74, 6) is 0. The molecule has 0 heterocycles. The number of hydrogen-bond acceptors (Lipinski definition) is 2. The van der Waals surface area contributed by atoms with Gasteiger partial charge >= 0.3 is 0 Å². The van der Waals surface area contributed by atoms with Crippen LogP contribution in [0, 0.1) is 0 Å². The summed E-state index contributed by atoms with van der Waals surface area (Å²) in [4.78, 5) is 0.